The van der Waals surface area contributed by atoms with Gasteiger partial charge in [-0.25, -0.2) is 0 Å². The van der Waals surface area contributed by atoms with E-state index < -0.39 is 0 Å². The molecule has 1 unspecified atom stereocenters. The summed E-state index contributed by atoms with van der Waals surface area (Å²) >= 11 is 0. The van der Waals surface area contributed by atoms with Gasteiger partial charge in [0.1, 0.15) is 5.75 Å². The monoisotopic (exact) mass is 236 g/mol. The Morgan fingerprint density at radius 2 is 1.94 bits per heavy atom. The summed E-state index contributed by atoms with van der Waals surface area (Å²) in [7, 11) is 1.68. The summed E-state index contributed by atoms with van der Waals surface area (Å²) in [6, 6.07) is 8.18. The van der Waals surface area contributed by atoms with Crippen LogP contribution in [0.25, 0.3) is 0 Å². The largest absolute Gasteiger partial charge is 0.497 e. The first-order chi connectivity index (χ1) is 8.13. The maximum Gasteiger partial charge on any atom is 0.118 e. The Hall–Kier alpha value is -1.06. The van der Waals surface area contributed by atoms with Gasteiger partial charge in [-0.2, -0.15) is 0 Å². The topological polar surface area (TPSA) is 47.3 Å². The minimum absolute atomic E-state index is 0.0232. The van der Waals surface area contributed by atoms with E-state index in [9.17, 15) is 0 Å². The van der Waals surface area contributed by atoms with E-state index in [1.807, 2.05) is 12.1 Å². The molecule has 0 aromatic heterocycles. The molecule has 0 spiro atoms. The summed E-state index contributed by atoms with van der Waals surface area (Å²) in [5, 5.41) is 3.52. The highest BCUT2D eigenvalue weighted by Crippen LogP contribution is 2.16. The van der Waals surface area contributed by atoms with Crippen LogP contribution in [0, 0.1) is 0 Å². The van der Waals surface area contributed by atoms with Gasteiger partial charge in [-0.15, -0.1) is 0 Å². The molecule has 0 heterocycles. The smallest absolute Gasteiger partial charge is 0.118 e. The quantitative estimate of drug-likeness (QED) is 0.760. The number of methoxy groups -OCH3 is 1. The highest BCUT2D eigenvalue weighted by molar-refractivity contribution is 5.28. The van der Waals surface area contributed by atoms with Crippen molar-refractivity contribution in [1.82, 2.24) is 5.32 Å². The normalized spacial score (nSPS) is 14.4. The molecule has 0 aliphatic carbocycles. The van der Waals surface area contributed by atoms with E-state index in [1.165, 1.54) is 5.56 Å². The van der Waals surface area contributed by atoms with Crippen molar-refractivity contribution in [3.05, 3.63) is 29.8 Å². The van der Waals surface area contributed by atoms with Crippen LogP contribution in [0.2, 0.25) is 0 Å². The van der Waals surface area contributed by atoms with Crippen LogP contribution in [0.15, 0.2) is 24.3 Å². The average molecular weight is 236 g/mol. The predicted molar refractivity (Wildman–Crippen MR) is 72.5 cm³/mol. The number of nitrogens with one attached hydrogen (secondary N) is 1. The maximum absolute atomic E-state index is 5.86. The lowest BCUT2D eigenvalue weighted by Gasteiger charge is -2.29. The van der Waals surface area contributed by atoms with Gasteiger partial charge in [0.05, 0.1) is 7.11 Å². The molecule has 0 fully saturated rings. The molecule has 1 atom stereocenters. The summed E-state index contributed by atoms with van der Waals surface area (Å²) in [6.45, 7) is 5.98. The molecule has 1 aromatic carbocycles. The summed E-state index contributed by atoms with van der Waals surface area (Å²) in [5.74, 6) is 0.893. The molecule has 0 aliphatic heterocycles. The van der Waals surface area contributed by atoms with E-state index in [2.05, 4.69) is 31.3 Å². The lowest BCUT2D eigenvalue weighted by atomic mass is 9.92. The molecule has 0 saturated heterocycles. The fourth-order valence-corrected chi connectivity index (χ4v) is 1.83. The lowest BCUT2D eigenvalue weighted by Crippen LogP contribution is -2.50. The molecule has 0 aliphatic rings. The fourth-order valence-electron chi connectivity index (χ4n) is 1.83. The summed E-state index contributed by atoms with van der Waals surface area (Å²) < 4.78 is 5.15. The SMILES string of the molecule is CCCNC(C)(CN)Cc1ccc(OC)cc1. The van der Waals surface area contributed by atoms with Gasteiger partial charge in [-0.05, 0) is 44.0 Å². The van der Waals surface area contributed by atoms with Crippen molar-refractivity contribution in [3.63, 3.8) is 0 Å². The molecule has 17 heavy (non-hydrogen) atoms. The highest BCUT2D eigenvalue weighted by atomic mass is 16.5. The Kier molecular flexibility index (Phi) is 5.45. The second kappa shape index (κ2) is 6.62. The molecular formula is C14H24N2O. The van der Waals surface area contributed by atoms with Crippen molar-refractivity contribution < 1.29 is 4.74 Å². The summed E-state index contributed by atoms with van der Waals surface area (Å²) in [5.41, 5.74) is 7.12. The Bertz CT molecular complexity index is 323. The van der Waals surface area contributed by atoms with Crippen molar-refractivity contribution in [1.29, 1.82) is 0 Å². The van der Waals surface area contributed by atoms with Gasteiger partial charge in [0, 0.05) is 12.1 Å². The predicted octanol–water partition coefficient (Wildman–Crippen LogP) is 1.95. The first-order valence-corrected chi connectivity index (χ1v) is 6.21. The van der Waals surface area contributed by atoms with Crippen LogP contribution in [-0.2, 0) is 6.42 Å². The van der Waals surface area contributed by atoms with Crippen molar-refractivity contribution >= 4 is 0 Å². The van der Waals surface area contributed by atoms with E-state index in [1.54, 1.807) is 7.11 Å². The van der Waals surface area contributed by atoms with Crippen LogP contribution in [-0.4, -0.2) is 25.7 Å². The van der Waals surface area contributed by atoms with Crippen LogP contribution >= 0.6 is 0 Å². The third kappa shape index (κ3) is 4.36. The molecular weight excluding hydrogens is 212 g/mol. The van der Waals surface area contributed by atoms with Crippen molar-refractivity contribution in [2.45, 2.75) is 32.2 Å². The Morgan fingerprint density at radius 3 is 2.41 bits per heavy atom. The first-order valence-electron chi connectivity index (χ1n) is 6.21. The number of nitrogens with two attached hydrogens (primary N) is 1. The molecule has 3 heteroatoms. The van der Waals surface area contributed by atoms with E-state index in [-0.39, 0.29) is 5.54 Å². The van der Waals surface area contributed by atoms with Gasteiger partial charge in [-0.3, -0.25) is 0 Å². The average Bonchev–Trinajstić information content (AvgIpc) is 2.37. The van der Waals surface area contributed by atoms with Crippen LogP contribution < -0.4 is 15.8 Å². The minimum Gasteiger partial charge on any atom is -0.497 e. The van der Waals surface area contributed by atoms with Crippen molar-refractivity contribution in [2.24, 2.45) is 5.73 Å². The van der Waals surface area contributed by atoms with Gasteiger partial charge in [0.15, 0.2) is 0 Å². The fraction of sp³-hybridized carbons (Fsp3) is 0.571. The minimum atomic E-state index is -0.0232. The highest BCUT2D eigenvalue weighted by Gasteiger charge is 2.21. The number of hydrogen-bond acceptors (Lipinski definition) is 3. The molecule has 0 bridgehead atoms. The van der Waals surface area contributed by atoms with Crippen molar-refractivity contribution in [3.8, 4) is 5.75 Å². The zero-order chi connectivity index (χ0) is 12.7. The number of ether oxygens (including phenoxy) is 1. The first kappa shape index (κ1) is 14.0. The molecule has 0 amide bonds. The Balaban J connectivity index is 2.65. The third-order valence-corrected chi connectivity index (χ3v) is 3.01. The van der Waals surface area contributed by atoms with Gasteiger partial charge in [-0.1, -0.05) is 19.1 Å². The maximum atomic E-state index is 5.86. The van der Waals surface area contributed by atoms with E-state index in [0.717, 1.165) is 25.1 Å². The molecule has 1 rings (SSSR count). The van der Waals surface area contributed by atoms with Gasteiger partial charge in [0.2, 0.25) is 0 Å². The van der Waals surface area contributed by atoms with E-state index >= 15 is 0 Å². The van der Waals surface area contributed by atoms with Crippen LogP contribution in [0.3, 0.4) is 0 Å². The van der Waals surface area contributed by atoms with Gasteiger partial charge >= 0.3 is 0 Å². The van der Waals surface area contributed by atoms with Gasteiger partial charge < -0.3 is 15.8 Å². The van der Waals surface area contributed by atoms with Crippen molar-refractivity contribution in [2.75, 3.05) is 20.2 Å². The Labute approximate surface area is 104 Å². The lowest BCUT2D eigenvalue weighted by molar-refractivity contribution is 0.362. The molecule has 96 valence electrons. The zero-order valence-corrected chi connectivity index (χ0v) is 11.1. The van der Waals surface area contributed by atoms with Crippen LogP contribution in [0.5, 0.6) is 5.75 Å². The van der Waals surface area contributed by atoms with Crippen LogP contribution in [0.4, 0.5) is 0 Å². The molecule has 1 aromatic rings. The Morgan fingerprint density at radius 1 is 1.29 bits per heavy atom. The zero-order valence-electron chi connectivity index (χ0n) is 11.1. The standard InChI is InChI=1S/C14H24N2O/c1-4-9-16-14(2,11-15)10-12-5-7-13(17-3)8-6-12/h5-8,16H,4,9-11,15H2,1-3H3. The van der Waals surface area contributed by atoms with Crippen LogP contribution in [0.1, 0.15) is 25.8 Å². The molecule has 3 nitrogen and oxygen atoms in total. The number of hydrogen-bond donors (Lipinski definition) is 2. The molecule has 3 N–H and O–H groups in total. The van der Waals surface area contributed by atoms with Gasteiger partial charge in [0.25, 0.3) is 0 Å². The third-order valence-electron chi connectivity index (χ3n) is 3.01. The molecule has 0 saturated carbocycles. The summed E-state index contributed by atoms with van der Waals surface area (Å²) in [6.07, 6.45) is 2.06. The second-order valence-electron chi connectivity index (χ2n) is 4.72. The van der Waals surface area contributed by atoms with E-state index in [0.29, 0.717) is 6.54 Å². The number of rotatable bonds is 7. The van der Waals surface area contributed by atoms with E-state index in [4.69, 9.17) is 10.5 Å². The molecule has 0 radical (unpaired) electrons. The summed E-state index contributed by atoms with van der Waals surface area (Å²) in [4.78, 5) is 0. The second-order valence-corrected chi connectivity index (χ2v) is 4.72. The number of benzene rings is 1.